The van der Waals surface area contributed by atoms with Crippen molar-refractivity contribution >= 4 is 21.9 Å². The second-order valence-electron chi connectivity index (χ2n) is 3.42. The van der Waals surface area contributed by atoms with Crippen molar-refractivity contribution < 1.29 is 5.11 Å². The van der Waals surface area contributed by atoms with E-state index in [0.29, 0.717) is 5.95 Å². The molecule has 0 aliphatic carbocycles. The van der Waals surface area contributed by atoms with E-state index in [-0.39, 0.29) is 12.1 Å². The third-order valence-corrected chi connectivity index (χ3v) is 2.57. The van der Waals surface area contributed by atoms with E-state index < -0.39 is 0 Å². The van der Waals surface area contributed by atoms with Crippen LogP contribution in [0.1, 0.15) is 20.3 Å². The first-order valence-corrected chi connectivity index (χ1v) is 5.25. The fraction of sp³-hybridized carbons (Fsp3) is 0.556. The molecule has 0 aromatic carbocycles. The Morgan fingerprint density at radius 1 is 1.50 bits per heavy atom. The van der Waals surface area contributed by atoms with Crippen LogP contribution < -0.4 is 5.32 Å². The molecule has 2 N–H and O–H groups in total. The van der Waals surface area contributed by atoms with Gasteiger partial charge in [-0.15, -0.1) is 0 Å². The number of hydrogen-bond acceptors (Lipinski definition) is 4. The number of aliphatic hydroxyl groups excluding tert-OH is 1. The molecular formula is C9H14BrN3O. The van der Waals surface area contributed by atoms with Crippen LogP contribution in [0.4, 0.5) is 5.95 Å². The molecule has 0 amide bonds. The smallest absolute Gasteiger partial charge is 0.223 e. The zero-order valence-corrected chi connectivity index (χ0v) is 9.87. The predicted molar refractivity (Wildman–Crippen MR) is 59.1 cm³/mol. The number of aliphatic hydroxyl groups is 1. The number of aromatic nitrogens is 2. The van der Waals surface area contributed by atoms with Gasteiger partial charge in [0, 0.05) is 12.4 Å². The molecule has 4 nitrogen and oxygen atoms in total. The molecule has 0 saturated carbocycles. The van der Waals surface area contributed by atoms with E-state index >= 15 is 0 Å². The maximum atomic E-state index is 9.17. The molecular weight excluding hydrogens is 246 g/mol. The van der Waals surface area contributed by atoms with Gasteiger partial charge in [-0.05, 0) is 29.3 Å². The molecule has 5 heteroatoms. The van der Waals surface area contributed by atoms with Gasteiger partial charge in [0.05, 0.1) is 16.6 Å². The van der Waals surface area contributed by atoms with E-state index in [9.17, 15) is 5.11 Å². The number of hydrogen-bond donors (Lipinski definition) is 2. The first-order valence-electron chi connectivity index (χ1n) is 4.46. The van der Waals surface area contributed by atoms with Gasteiger partial charge in [0.2, 0.25) is 5.95 Å². The highest BCUT2D eigenvalue weighted by Crippen LogP contribution is 2.15. The monoisotopic (exact) mass is 259 g/mol. The number of nitrogens with zero attached hydrogens (tertiary/aromatic N) is 2. The lowest BCUT2D eigenvalue weighted by atomic mass is 10.0. The quantitative estimate of drug-likeness (QED) is 0.866. The van der Waals surface area contributed by atoms with Gasteiger partial charge < -0.3 is 10.4 Å². The molecule has 0 spiro atoms. The summed E-state index contributed by atoms with van der Waals surface area (Å²) >= 11 is 3.26. The maximum absolute atomic E-state index is 9.17. The number of nitrogens with one attached hydrogen (secondary N) is 1. The largest absolute Gasteiger partial charge is 0.394 e. The van der Waals surface area contributed by atoms with Crippen LogP contribution in [0.5, 0.6) is 0 Å². The van der Waals surface area contributed by atoms with Gasteiger partial charge in [-0.3, -0.25) is 0 Å². The summed E-state index contributed by atoms with van der Waals surface area (Å²) in [6.45, 7) is 3.99. The van der Waals surface area contributed by atoms with E-state index in [4.69, 9.17) is 0 Å². The van der Waals surface area contributed by atoms with Crippen LogP contribution in [0.25, 0.3) is 0 Å². The van der Waals surface area contributed by atoms with Crippen molar-refractivity contribution in [3.05, 3.63) is 16.9 Å². The van der Waals surface area contributed by atoms with Gasteiger partial charge in [0.25, 0.3) is 0 Å². The highest BCUT2D eigenvalue weighted by molar-refractivity contribution is 9.10. The van der Waals surface area contributed by atoms with Crippen LogP contribution >= 0.6 is 15.9 Å². The Kier molecular flexibility index (Phi) is 3.83. The number of anilines is 1. The van der Waals surface area contributed by atoms with Gasteiger partial charge in [0.1, 0.15) is 0 Å². The van der Waals surface area contributed by atoms with Crippen LogP contribution in [-0.4, -0.2) is 27.2 Å². The third kappa shape index (κ3) is 2.92. The van der Waals surface area contributed by atoms with E-state index in [1.54, 1.807) is 12.4 Å². The Morgan fingerprint density at radius 2 is 2.07 bits per heavy atom. The summed E-state index contributed by atoms with van der Waals surface area (Å²) in [5.74, 6) is 0.534. The minimum Gasteiger partial charge on any atom is -0.394 e. The molecule has 1 atom stereocenters. The molecule has 0 aliphatic rings. The van der Waals surface area contributed by atoms with Crippen LogP contribution in [0, 0.1) is 0 Å². The molecule has 0 fully saturated rings. The van der Waals surface area contributed by atoms with Crippen LogP contribution in [0.2, 0.25) is 0 Å². The Morgan fingerprint density at radius 3 is 2.50 bits per heavy atom. The fourth-order valence-electron chi connectivity index (χ4n) is 0.886. The van der Waals surface area contributed by atoms with Gasteiger partial charge in [-0.2, -0.15) is 0 Å². The lowest BCUT2D eigenvalue weighted by molar-refractivity contribution is 0.218. The third-order valence-electron chi connectivity index (χ3n) is 2.16. The molecule has 1 aromatic rings. The molecule has 1 rings (SSSR count). The van der Waals surface area contributed by atoms with Gasteiger partial charge >= 0.3 is 0 Å². The molecule has 1 unspecified atom stereocenters. The summed E-state index contributed by atoms with van der Waals surface area (Å²) < 4.78 is 0.838. The average Bonchev–Trinajstić information content (AvgIpc) is 2.21. The van der Waals surface area contributed by atoms with Crippen molar-refractivity contribution in [2.75, 3.05) is 11.9 Å². The molecule has 0 aliphatic heterocycles. The van der Waals surface area contributed by atoms with E-state index in [2.05, 4.69) is 31.2 Å². The summed E-state index contributed by atoms with van der Waals surface area (Å²) in [7, 11) is 0. The van der Waals surface area contributed by atoms with Crippen LogP contribution in [0.15, 0.2) is 16.9 Å². The van der Waals surface area contributed by atoms with Crippen LogP contribution in [-0.2, 0) is 0 Å². The summed E-state index contributed by atoms with van der Waals surface area (Å²) in [5, 5.41) is 12.3. The van der Waals surface area contributed by atoms with Crippen molar-refractivity contribution in [3.63, 3.8) is 0 Å². The standard InChI is InChI=1S/C9H14BrN3O/c1-3-9(2,6-14)13-8-11-4-7(10)5-12-8/h4-5,14H,3,6H2,1-2H3,(H,11,12,13). The van der Waals surface area contributed by atoms with E-state index in [1.165, 1.54) is 0 Å². The van der Waals surface area contributed by atoms with Gasteiger partial charge in [-0.1, -0.05) is 6.92 Å². The minimum absolute atomic E-state index is 0.0585. The lowest BCUT2D eigenvalue weighted by Gasteiger charge is -2.26. The maximum Gasteiger partial charge on any atom is 0.223 e. The molecule has 0 saturated heterocycles. The van der Waals surface area contributed by atoms with E-state index in [1.807, 2.05) is 13.8 Å². The molecule has 78 valence electrons. The average molecular weight is 260 g/mol. The Hall–Kier alpha value is -0.680. The van der Waals surface area contributed by atoms with Gasteiger partial charge in [-0.25, -0.2) is 9.97 Å². The van der Waals surface area contributed by atoms with Crippen molar-refractivity contribution in [3.8, 4) is 0 Å². The van der Waals surface area contributed by atoms with Crippen molar-refractivity contribution in [1.82, 2.24) is 9.97 Å². The molecule has 0 bridgehead atoms. The topological polar surface area (TPSA) is 58.0 Å². The SMILES string of the molecule is CCC(C)(CO)Nc1ncc(Br)cn1. The zero-order chi connectivity index (χ0) is 10.6. The highest BCUT2D eigenvalue weighted by atomic mass is 79.9. The normalized spacial score (nSPS) is 14.9. The van der Waals surface area contributed by atoms with Crippen LogP contribution in [0.3, 0.4) is 0 Å². The predicted octanol–water partition coefficient (Wildman–Crippen LogP) is 1.81. The summed E-state index contributed by atoms with van der Waals surface area (Å²) in [6, 6.07) is 0. The Balaban J connectivity index is 2.72. The molecule has 0 radical (unpaired) electrons. The second kappa shape index (κ2) is 4.70. The zero-order valence-electron chi connectivity index (χ0n) is 8.29. The Labute approximate surface area is 91.9 Å². The Bertz CT molecular complexity index is 285. The first kappa shape index (κ1) is 11.4. The summed E-state index contributed by atoms with van der Waals surface area (Å²) in [6.07, 6.45) is 4.15. The summed E-state index contributed by atoms with van der Waals surface area (Å²) in [4.78, 5) is 8.16. The number of halogens is 1. The van der Waals surface area contributed by atoms with Crippen molar-refractivity contribution in [1.29, 1.82) is 0 Å². The van der Waals surface area contributed by atoms with Gasteiger partial charge in [0.15, 0.2) is 0 Å². The first-order chi connectivity index (χ1) is 6.59. The minimum atomic E-state index is -0.353. The summed E-state index contributed by atoms with van der Waals surface area (Å²) in [5.41, 5.74) is -0.353. The molecule has 14 heavy (non-hydrogen) atoms. The lowest BCUT2D eigenvalue weighted by Crippen LogP contribution is -2.38. The molecule has 1 aromatic heterocycles. The fourth-order valence-corrected chi connectivity index (χ4v) is 1.09. The second-order valence-corrected chi connectivity index (χ2v) is 4.34. The molecule has 1 heterocycles. The van der Waals surface area contributed by atoms with Crippen molar-refractivity contribution in [2.45, 2.75) is 25.8 Å². The number of rotatable bonds is 4. The van der Waals surface area contributed by atoms with Crippen molar-refractivity contribution in [2.24, 2.45) is 0 Å². The van der Waals surface area contributed by atoms with E-state index in [0.717, 1.165) is 10.9 Å². The highest BCUT2D eigenvalue weighted by Gasteiger charge is 2.21.